The summed E-state index contributed by atoms with van der Waals surface area (Å²) in [5.74, 6) is 0.719. The van der Waals surface area contributed by atoms with Gasteiger partial charge in [0.15, 0.2) is 0 Å². The first-order valence-electron chi connectivity index (χ1n) is 7.59. The number of aryl methyl sites for hydroxylation is 1. The summed E-state index contributed by atoms with van der Waals surface area (Å²) in [6.07, 6.45) is 1.76. The van der Waals surface area contributed by atoms with Crippen molar-refractivity contribution >= 4 is 22.9 Å². The molecule has 1 heterocycles. The summed E-state index contributed by atoms with van der Waals surface area (Å²) in [6.45, 7) is 2.46. The summed E-state index contributed by atoms with van der Waals surface area (Å²) in [5.41, 5.74) is 2.63. The number of nitrogens with zero attached hydrogens (tertiary/aromatic N) is 2. The Hall–Kier alpha value is -2.66. The number of rotatable bonds is 5. The molecule has 0 radical (unpaired) electrons. The van der Waals surface area contributed by atoms with Crippen LogP contribution in [0.1, 0.15) is 20.9 Å². The predicted molar refractivity (Wildman–Crippen MR) is 96.8 cm³/mol. The summed E-state index contributed by atoms with van der Waals surface area (Å²) in [7, 11) is 1.77. The van der Waals surface area contributed by atoms with Crippen molar-refractivity contribution in [3.05, 3.63) is 76.2 Å². The molecule has 1 aromatic heterocycles. The molecule has 0 atom stereocenters. The van der Waals surface area contributed by atoms with Crippen LogP contribution in [0.25, 0.3) is 0 Å². The van der Waals surface area contributed by atoms with Crippen LogP contribution >= 0.6 is 11.3 Å². The topological polar surface area (TPSA) is 42.4 Å². The lowest BCUT2D eigenvalue weighted by molar-refractivity contribution is 0.0993. The van der Waals surface area contributed by atoms with E-state index in [2.05, 4.69) is 4.98 Å². The SMILES string of the molecule is Cc1ccc(C(=O)N(C)c2ccc(OCc3nccs3)cc2)cc1. The van der Waals surface area contributed by atoms with Crippen LogP contribution in [-0.2, 0) is 6.61 Å². The molecule has 0 saturated carbocycles. The minimum atomic E-state index is -0.0357. The first kappa shape index (κ1) is 16.2. The molecule has 2 aromatic carbocycles. The minimum Gasteiger partial charge on any atom is -0.486 e. The third-order valence-electron chi connectivity index (χ3n) is 3.67. The second kappa shape index (κ2) is 7.27. The van der Waals surface area contributed by atoms with Crippen LogP contribution in [0.2, 0.25) is 0 Å². The molecule has 24 heavy (non-hydrogen) atoms. The standard InChI is InChI=1S/C19H18N2O2S/c1-14-3-5-15(6-4-14)19(22)21(2)16-7-9-17(10-8-16)23-13-18-20-11-12-24-18/h3-12H,13H2,1-2H3. The molecule has 0 unspecified atom stereocenters. The van der Waals surface area contributed by atoms with E-state index in [9.17, 15) is 4.79 Å². The van der Waals surface area contributed by atoms with Gasteiger partial charge in [-0.2, -0.15) is 0 Å². The Labute approximate surface area is 145 Å². The van der Waals surface area contributed by atoms with Crippen molar-refractivity contribution in [3.63, 3.8) is 0 Å². The quantitative estimate of drug-likeness (QED) is 0.696. The van der Waals surface area contributed by atoms with E-state index >= 15 is 0 Å². The Morgan fingerprint density at radius 2 is 1.83 bits per heavy atom. The van der Waals surface area contributed by atoms with E-state index < -0.39 is 0 Å². The Kier molecular flexibility index (Phi) is 4.91. The fourth-order valence-corrected chi connectivity index (χ4v) is 2.77. The average molecular weight is 338 g/mol. The van der Waals surface area contributed by atoms with Gasteiger partial charge in [-0.25, -0.2) is 4.98 Å². The maximum absolute atomic E-state index is 12.5. The van der Waals surface area contributed by atoms with Crippen LogP contribution in [0.15, 0.2) is 60.1 Å². The minimum absolute atomic E-state index is 0.0357. The number of amides is 1. The average Bonchev–Trinajstić information content (AvgIpc) is 3.13. The zero-order valence-corrected chi connectivity index (χ0v) is 14.4. The maximum atomic E-state index is 12.5. The van der Waals surface area contributed by atoms with E-state index in [1.165, 1.54) is 0 Å². The van der Waals surface area contributed by atoms with Gasteiger partial charge in [0.2, 0.25) is 0 Å². The molecule has 0 fully saturated rings. The fraction of sp³-hybridized carbons (Fsp3) is 0.158. The van der Waals surface area contributed by atoms with Gasteiger partial charge in [-0.1, -0.05) is 17.7 Å². The molecule has 4 nitrogen and oxygen atoms in total. The number of hydrogen-bond donors (Lipinski definition) is 0. The Morgan fingerprint density at radius 3 is 2.46 bits per heavy atom. The summed E-state index contributed by atoms with van der Waals surface area (Å²) in [6, 6.07) is 15.1. The second-order valence-corrected chi connectivity index (χ2v) is 6.42. The van der Waals surface area contributed by atoms with Gasteiger partial charge in [0.05, 0.1) is 0 Å². The number of aromatic nitrogens is 1. The molecule has 3 aromatic rings. The second-order valence-electron chi connectivity index (χ2n) is 5.44. The van der Waals surface area contributed by atoms with Gasteiger partial charge in [-0.05, 0) is 43.3 Å². The van der Waals surface area contributed by atoms with Gasteiger partial charge >= 0.3 is 0 Å². The highest BCUT2D eigenvalue weighted by Gasteiger charge is 2.13. The molecule has 0 aliphatic heterocycles. The zero-order valence-electron chi connectivity index (χ0n) is 13.6. The first-order chi connectivity index (χ1) is 11.6. The van der Waals surface area contributed by atoms with Crippen LogP contribution in [0, 0.1) is 6.92 Å². The lowest BCUT2D eigenvalue weighted by Crippen LogP contribution is -2.26. The summed E-state index contributed by atoms with van der Waals surface area (Å²) in [5, 5.41) is 2.86. The Bertz CT molecular complexity index is 796. The van der Waals surface area contributed by atoms with Crippen LogP contribution < -0.4 is 9.64 Å². The largest absolute Gasteiger partial charge is 0.486 e. The maximum Gasteiger partial charge on any atom is 0.258 e. The molecule has 3 rings (SSSR count). The van der Waals surface area contributed by atoms with Crippen LogP contribution in [0.5, 0.6) is 5.75 Å². The Balaban J connectivity index is 1.65. The number of carbonyl (C=O) groups is 1. The van der Waals surface area contributed by atoms with Gasteiger partial charge < -0.3 is 9.64 Å². The molecule has 0 aliphatic rings. The predicted octanol–water partition coefficient (Wildman–Crippen LogP) is 4.31. The Morgan fingerprint density at radius 1 is 1.12 bits per heavy atom. The van der Waals surface area contributed by atoms with Crippen LogP contribution in [0.4, 0.5) is 5.69 Å². The summed E-state index contributed by atoms with van der Waals surface area (Å²) >= 11 is 1.56. The molecule has 122 valence electrons. The van der Waals surface area contributed by atoms with Crippen molar-refractivity contribution in [2.24, 2.45) is 0 Å². The van der Waals surface area contributed by atoms with Crippen LogP contribution in [-0.4, -0.2) is 17.9 Å². The van der Waals surface area contributed by atoms with Crippen LogP contribution in [0.3, 0.4) is 0 Å². The van der Waals surface area contributed by atoms with Gasteiger partial charge in [-0.15, -0.1) is 11.3 Å². The number of anilines is 1. The van der Waals surface area contributed by atoms with E-state index in [-0.39, 0.29) is 5.91 Å². The van der Waals surface area contributed by atoms with E-state index in [0.29, 0.717) is 12.2 Å². The number of carbonyl (C=O) groups excluding carboxylic acids is 1. The number of thiazole rings is 1. The van der Waals surface area contributed by atoms with E-state index in [0.717, 1.165) is 22.0 Å². The smallest absolute Gasteiger partial charge is 0.258 e. The van der Waals surface area contributed by atoms with Crippen molar-refractivity contribution in [3.8, 4) is 5.75 Å². The molecule has 0 saturated heterocycles. The fourth-order valence-electron chi connectivity index (χ4n) is 2.24. The van der Waals surface area contributed by atoms with E-state index in [4.69, 9.17) is 4.74 Å². The number of ether oxygens (including phenoxy) is 1. The van der Waals surface area contributed by atoms with Crippen molar-refractivity contribution < 1.29 is 9.53 Å². The van der Waals surface area contributed by atoms with E-state index in [1.54, 1.807) is 29.5 Å². The van der Waals surface area contributed by atoms with Crippen molar-refractivity contribution in [2.45, 2.75) is 13.5 Å². The van der Waals surface area contributed by atoms with Gasteiger partial charge in [0.25, 0.3) is 5.91 Å². The zero-order chi connectivity index (χ0) is 16.9. The van der Waals surface area contributed by atoms with E-state index in [1.807, 2.05) is 60.8 Å². The highest BCUT2D eigenvalue weighted by atomic mass is 32.1. The lowest BCUT2D eigenvalue weighted by Gasteiger charge is -2.18. The normalized spacial score (nSPS) is 10.4. The number of benzene rings is 2. The van der Waals surface area contributed by atoms with Gasteiger partial charge in [0.1, 0.15) is 17.4 Å². The highest BCUT2D eigenvalue weighted by molar-refractivity contribution is 7.09. The van der Waals surface area contributed by atoms with Crippen molar-refractivity contribution in [1.82, 2.24) is 4.98 Å². The molecule has 0 bridgehead atoms. The lowest BCUT2D eigenvalue weighted by atomic mass is 10.1. The summed E-state index contributed by atoms with van der Waals surface area (Å²) < 4.78 is 5.69. The third kappa shape index (κ3) is 3.81. The molecule has 5 heteroatoms. The molecular formula is C19H18N2O2S. The van der Waals surface area contributed by atoms with Gasteiger partial charge in [-0.3, -0.25) is 4.79 Å². The van der Waals surface area contributed by atoms with Gasteiger partial charge in [0, 0.05) is 29.9 Å². The third-order valence-corrected chi connectivity index (χ3v) is 4.43. The number of hydrogen-bond acceptors (Lipinski definition) is 4. The molecule has 0 spiro atoms. The molecule has 0 aliphatic carbocycles. The molecule has 0 N–H and O–H groups in total. The highest BCUT2D eigenvalue weighted by Crippen LogP contribution is 2.21. The van der Waals surface area contributed by atoms with Crippen molar-refractivity contribution in [2.75, 3.05) is 11.9 Å². The first-order valence-corrected chi connectivity index (χ1v) is 8.47. The van der Waals surface area contributed by atoms with Crippen molar-refractivity contribution in [1.29, 1.82) is 0 Å². The molecule has 1 amide bonds. The summed E-state index contributed by atoms with van der Waals surface area (Å²) in [4.78, 5) is 18.3. The monoisotopic (exact) mass is 338 g/mol. The molecular weight excluding hydrogens is 320 g/mol.